The summed E-state index contributed by atoms with van der Waals surface area (Å²) < 4.78 is 31.7. The Morgan fingerprint density at radius 1 is 0.970 bits per heavy atom. The number of nitrogens with two attached hydrogens (primary N) is 3. The lowest BCUT2D eigenvalue weighted by atomic mass is 10.1. The second-order valence-electron chi connectivity index (χ2n) is 7.44. The van der Waals surface area contributed by atoms with Gasteiger partial charge in [-0.2, -0.15) is 13.2 Å². The first kappa shape index (κ1) is 32.6. The molecule has 14 heteroatoms. The van der Waals surface area contributed by atoms with Crippen LogP contribution in [0.25, 0.3) is 0 Å². The van der Waals surface area contributed by atoms with E-state index in [9.17, 15) is 22.8 Å². The molecular weight excluding hydrogens is 447 g/mol. The van der Waals surface area contributed by atoms with E-state index < -0.39 is 24.0 Å². The van der Waals surface area contributed by atoms with Crippen LogP contribution in [0, 0.1) is 5.41 Å². The highest BCUT2D eigenvalue weighted by atomic mass is 19.4. The van der Waals surface area contributed by atoms with Crippen molar-refractivity contribution in [2.45, 2.75) is 64.1 Å². The maximum atomic E-state index is 11.9. The second kappa shape index (κ2) is 18.9. The van der Waals surface area contributed by atoms with Crippen molar-refractivity contribution in [1.29, 1.82) is 5.41 Å². The molecule has 0 aromatic carbocycles. The lowest BCUT2D eigenvalue weighted by molar-refractivity contribution is -0.192. The highest BCUT2D eigenvalue weighted by Gasteiger charge is 2.38. The van der Waals surface area contributed by atoms with Crippen LogP contribution in [0.5, 0.6) is 0 Å². The van der Waals surface area contributed by atoms with Crippen LogP contribution in [-0.4, -0.2) is 78.7 Å². The molecule has 11 nitrogen and oxygen atoms in total. The number of alkyl halides is 3. The summed E-state index contributed by atoms with van der Waals surface area (Å²) >= 11 is 0. The molecule has 0 heterocycles. The number of rotatable bonds is 15. The zero-order valence-electron chi connectivity index (χ0n) is 19.0. The SMILES string of the molecule is CC(N)CCNCCCCN(CCCCCCNC(=N)N)C(=O)C(N)=O.O=C(O)C(F)(F)F. The molecule has 0 saturated carbocycles. The Labute approximate surface area is 192 Å². The lowest BCUT2D eigenvalue weighted by Crippen LogP contribution is -2.41. The molecule has 0 aromatic rings. The number of nitrogens with one attached hydrogen (secondary N) is 3. The number of aliphatic carboxylic acids is 1. The molecule has 0 bridgehead atoms. The number of unbranched alkanes of at least 4 members (excludes halogenated alkanes) is 4. The smallest absolute Gasteiger partial charge is 0.475 e. The highest BCUT2D eigenvalue weighted by molar-refractivity contribution is 6.34. The van der Waals surface area contributed by atoms with Gasteiger partial charge < -0.3 is 37.8 Å². The van der Waals surface area contributed by atoms with Crippen LogP contribution in [-0.2, 0) is 14.4 Å². The van der Waals surface area contributed by atoms with Crippen molar-refractivity contribution in [2.75, 3.05) is 32.7 Å². The van der Waals surface area contributed by atoms with E-state index in [1.165, 1.54) is 0 Å². The highest BCUT2D eigenvalue weighted by Crippen LogP contribution is 2.13. The molecule has 1 atom stereocenters. The number of hydrogen-bond donors (Lipinski definition) is 7. The predicted octanol–water partition coefficient (Wildman–Crippen LogP) is 0.0842. The van der Waals surface area contributed by atoms with E-state index in [4.69, 9.17) is 32.5 Å². The molecule has 0 spiro atoms. The van der Waals surface area contributed by atoms with Gasteiger partial charge in [-0.3, -0.25) is 15.0 Å². The summed E-state index contributed by atoms with van der Waals surface area (Å²) in [5.41, 5.74) is 16.0. The molecule has 10 N–H and O–H groups in total. The first-order valence-corrected chi connectivity index (χ1v) is 10.7. The molecule has 2 amide bonds. The standard InChI is InChI=1S/C17H37N7O2.C2HF3O2/c1-14(18)8-11-22-9-5-7-13-24(16(26)15(19)25)12-6-3-2-4-10-23-17(20)21;3-2(4,5)1(6)7/h14,22H,2-13,18H2,1H3,(H2,19,25)(H4,20,21,23);(H,6,7). The van der Waals surface area contributed by atoms with Gasteiger partial charge in [-0.1, -0.05) is 12.8 Å². The number of carbonyl (C=O) groups excluding carboxylic acids is 2. The third-order valence-corrected chi connectivity index (χ3v) is 4.22. The third kappa shape index (κ3) is 22.4. The number of amides is 2. The van der Waals surface area contributed by atoms with Gasteiger partial charge in [0, 0.05) is 25.7 Å². The Kier molecular flexibility index (Phi) is 18.7. The number of nitrogens with zero attached hydrogens (tertiary/aromatic N) is 1. The fraction of sp³-hybridized carbons (Fsp3) is 0.789. The van der Waals surface area contributed by atoms with Gasteiger partial charge in [-0.05, 0) is 52.1 Å². The van der Waals surface area contributed by atoms with Crippen LogP contribution in [0.1, 0.15) is 51.9 Å². The first-order chi connectivity index (χ1) is 15.3. The Morgan fingerprint density at radius 2 is 1.45 bits per heavy atom. The number of halogens is 3. The minimum Gasteiger partial charge on any atom is -0.475 e. The van der Waals surface area contributed by atoms with E-state index in [1.807, 2.05) is 6.92 Å². The van der Waals surface area contributed by atoms with Gasteiger partial charge in [0.2, 0.25) is 0 Å². The molecule has 0 aliphatic heterocycles. The van der Waals surface area contributed by atoms with Gasteiger partial charge in [0.25, 0.3) is 0 Å². The van der Waals surface area contributed by atoms with Crippen molar-refractivity contribution in [1.82, 2.24) is 15.5 Å². The number of carbonyl (C=O) groups is 3. The summed E-state index contributed by atoms with van der Waals surface area (Å²) in [5.74, 6) is -4.28. The van der Waals surface area contributed by atoms with E-state index in [-0.39, 0.29) is 12.0 Å². The first-order valence-electron chi connectivity index (χ1n) is 10.7. The Balaban J connectivity index is 0. The second-order valence-corrected chi connectivity index (χ2v) is 7.44. The molecule has 0 radical (unpaired) electrons. The zero-order chi connectivity index (χ0) is 25.9. The average molecular weight is 486 g/mol. The van der Waals surface area contributed by atoms with Gasteiger partial charge in [-0.25, -0.2) is 4.79 Å². The van der Waals surface area contributed by atoms with Gasteiger partial charge in [0.15, 0.2) is 5.96 Å². The molecule has 33 heavy (non-hydrogen) atoms. The van der Waals surface area contributed by atoms with E-state index in [2.05, 4.69) is 10.6 Å². The topological polar surface area (TPSA) is 201 Å². The van der Waals surface area contributed by atoms with Crippen molar-refractivity contribution < 1.29 is 32.7 Å². The summed E-state index contributed by atoms with van der Waals surface area (Å²) in [6.45, 7) is 5.50. The molecular formula is C19H38F3N7O4. The minimum atomic E-state index is -5.08. The largest absolute Gasteiger partial charge is 0.490 e. The Bertz CT molecular complexity index is 590. The van der Waals surface area contributed by atoms with Crippen LogP contribution in [0.4, 0.5) is 13.2 Å². The third-order valence-electron chi connectivity index (χ3n) is 4.22. The van der Waals surface area contributed by atoms with Gasteiger partial charge >= 0.3 is 24.0 Å². The van der Waals surface area contributed by atoms with Gasteiger partial charge in [0.1, 0.15) is 0 Å². The van der Waals surface area contributed by atoms with Crippen LogP contribution < -0.4 is 27.8 Å². The van der Waals surface area contributed by atoms with Gasteiger partial charge in [0.05, 0.1) is 0 Å². The molecule has 0 fully saturated rings. The summed E-state index contributed by atoms with van der Waals surface area (Å²) in [6.07, 6.45) is 1.27. The van der Waals surface area contributed by atoms with Gasteiger partial charge in [-0.15, -0.1) is 0 Å². The van der Waals surface area contributed by atoms with Crippen LogP contribution in [0.3, 0.4) is 0 Å². The van der Waals surface area contributed by atoms with E-state index >= 15 is 0 Å². The maximum Gasteiger partial charge on any atom is 0.490 e. The molecule has 0 saturated heterocycles. The van der Waals surface area contributed by atoms with Crippen molar-refractivity contribution in [3.63, 3.8) is 0 Å². The van der Waals surface area contributed by atoms with Crippen molar-refractivity contribution in [2.24, 2.45) is 17.2 Å². The van der Waals surface area contributed by atoms with E-state index in [0.717, 1.165) is 58.0 Å². The zero-order valence-corrected chi connectivity index (χ0v) is 19.0. The van der Waals surface area contributed by atoms with Crippen LogP contribution >= 0.6 is 0 Å². The number of carboxylic acids is 1. The number of primary amides is 1. The number of guanidine groups is 1. The minimum absolute atomic E-state index is 0.0183. The fourth-order valence-corrected chi connectivity index (χ4v) is 2.48. The molecule has 194 valence electrons. The lowest BCUT2D eigenvalue weighted by Gasteiger charge is -2.21. The normalized spacial score (nSPS) is 11.7. The summed E-state index contributed by atoms with van der Waals surface area (Å²) in [6, 6.07) is 0.199. The number of carboxylic acid groups (broad SMARTS) is 1. The van der Waals surface area contributed by atoms with E-state index in [1.54, 1.807) is 4.90 Å². The van der Waals surface area contributed by atoms with Crippen molar-refractivity contribution in [3.8, 4) is 0 Å². The molecule has 0 aliphatic carbocycles. The maximum absolute atomic E-state index is 11.9. The van der Waals surface area contributed by atoms with Crippen LogP contribution in [0.2, 0.25) is 0 Å². The molecule has 0 aromatic heterocycles. The number of hydrogen-bond acceptors (Lipinski definition) is 6. The quantitative estimate of drug-likeness (QED) is 0.0731. The predicted molar refractivity (Wildman–Crippen MR) is 118 cm³/mol. The summed E-state index contributed by atoms with van der Waals surface area (Å²) in [4.78, 5) is 33.5. The summed E-state index contributed by atoms with van der Waals surface area (Å²) in [5, 5.41) is 20.3. The molecule has 1 unspecified atom stereocenters. The fourth-order valence-electron chi connectivity index (χ4n) is 2.48. The Hall–Kier alpha value is -2.61. The summed E-state index contributed by atoms with van der Waals surface area (Å²) in [7, 11) is 0. The Morgan fingerprint density at radius 3 is 1.91 bits per heavy atom. The van der Waals surface area contributed by atoms with Crippen molar-refractivity contribution >= 4 is 23.7 Å². The molecule has 0 aliphatic rings. The van der Waals surface area contributed by atoms with E-state index in [0.29, 0.717) is 19.6 Å². The van der Waals surface area contributed by atoms with Crippen molar-refractivity contribution in [3.05, 3.63) is 0 Å². The molecule has 0 rings (SSSR count). The monoisotopic (exact) mass is 485 g/mol. The average Bonchev–Trinajstić information content (AvgIpc) is 2.69. The van der Waals surface area contributed by atoms with Crippen LogP contribution in [0.15, 0.2) is 0 Å².